The van der Waals surface area contributed by atoms with E-state index in [1.54, 1.807) is 19.1 Å². The number of aliphatic carboxylic acids is 1. The largest absolute Gasteiger partial charge is 0.546 e. The van der Waals surface area contributed by atoms with Gasteiger partial charge in [0.15, 0.2) is 0 Å². The Hall–Kier alpha value is -0.740. The van der Waals surface area contributed by atoms with Crippen molar-refractivity contribution >= 4 is 33.5 Å². The highest BCUT2D eigenvalue weighted by Gasteiger charge is 2.06. The molecule has 0 amide bonds. The maximum absolute atomic E-state index is 10.2. The van der Waals surface area contributed by atoms with Crippen LogP contribution in [0.4, 0.5) is 0 Å². The molecule has 0 saturated heterocycles. The van der Waals surface area contributed by atoms with Crippen LogP contribution in [0.5, 0.6) is 5.75 Å². The number of carboxylic acids is 1. The second-order valence-corrected chi connectivity index (χ2v) is 4.02. The summed E-state index contributed by atoms with van der Waals surface area (Å²) in [6.45, 7) is 1.28. The first kappa shape index (κ1) is 11.3. The van der Waals surface area contributed by atoms with Gasteiger partial charge in [-0.25, -0.2) is 0 Å². The maximum atomic E-state index is 10.2. The minimum absolute atomic E-state index is 0.373. The average Bonchev–Trinajstić information content (AvgIpc) is 2.01. The van der Waals surface area contributed by atoms with Gasteiger partial charge in [-0.1, -0.05) is 27.5 Å². The summed E-state index contributed by atoms with van der Waals surface area (Å²) in [5, 5.41) is 10.5. The molecule has 0 fully saturated rings. The molecular weight excluding hydrogens is 271 g/mol. The fraction of sp³-hybridized carbons (Fsp3) is 0.222. The van der Waals surface area contributed by atoms with Crippen molar-refractivity contribution in [3.8, 4) is 5.75 Å². The third kappa shape index (κ3) is 2.89. The Labute approximate surface area is 94.8 Å². The van der Waals surface area contributed by atoms with Crippen LogP contribution in [0.25, 0.3) is 0 Å². The lowest BCUT2D eigenvalue weighted by atomic mass is 10.2. The molecule has 5 heteroatoms. The molecule has 0 bridgehead atoms. The van der Waals surface area contributed by atoms with Crippen LogP contribution in [-0.2, 0) is 4.79 Å². The predicted molar refractivity (Wildman–Crippen MR) is 54.4 cm³/mol. The lowest BCUT2D eigenvalue weighted by Crippen LogP contribution is -2.29. The number of aryl methyl sites for hydroxylation is 1. The number of halogens is 2. The fourth-order valence-corrected chi connectivity index (χ4v) is 2.03. The lowest BCUT2D eigenvalue weighted by Gasteiger charge is -2.11. The molecule has 0 N–H and O–H groups in total. The van der Waals surface area contributed by atoms with E-state index in [0.29, 0.717) is 10.8 Å². The summed E-state index contributed by atoms with van der Waals surface area (Å²) in [6.07, 6.45) is 0. The number of ether oxygens (including phenoxy) is 1. The van der Waals surface area contributed by atoms with E-state index in [-0.39, 0.29) is 0 Å². The van der Waals surface area contributed by atoms with Gasteiger partial charge in [-0.3, -0.25) is 0 Å². The van der Waals surface area contributed by atoms with Crippen LogP contribution in [-0.4, -0.2) is 12.6 Å². The molecule has 0 aliphatic rings. The molecule has 0 unspecified atom stereocenters. The Kier molecular flexibility index (Phi) is 3.77. The van der Waals surface area contributed by atoms with Crippen LogP contribution in [0.1, 0.15) is 5.56 Å². The van der Waals surface area contributed by atoms with Crippen molar-refractivity contribution in [1.29, 1.82) is 0 Å². The number of benzene rings is 1. The molecule has 3 nitrogen and oxygen atoms in total. The van der Waals surface area contributed by atoms with E-state index in [1.165, 1.54) is 0 Å². The molecule has 1 rings (SSSR count). The van der Waals surface area contributed by atoms with Crippen LogP contribution in [0.15, 0.2) is 16.6 Å². The topological polar surface area (TPSA) is 49.4 Å². The van der Waals surface area contributed by atoms with Gasteiger partial charge in [0.05, 0.1) is 11.0 Å². The second-order valence-electron chi connectivity index (χ2n) is 2.69. The Morgan fingerprint density at radius 3 is 2.79 bits per heavy atom. The summed E-state index contributed by atoms with van der Waals surface area (Å²) >= 11 is 9.11. The van der Waals surface area contributed by atoms with Gasteiger partial charge in [-0.15, -0.1) is 0 Å². The predicted octanol–water partition coefficient (Wildman–Crippen LogP) is 1.54. The molecule has 0 radical (unpaired) electrons. The molecule has 0 spiro atoms. The van der Waals surface area contributed by atoms with Crippen LogP contribution in [0, 0.1) is 6.92 Å². The van der Waals surface area contributed by atoms with Crippen molar-refractivity contribution in [2.75, 3.05) is 6.61 Å². The van der Waals surface area contributed by atoms with Gasteiger partial charge in [-0.05, 0) is 24.6 Å². The molecule has 76 valence electrons. The van der Waals surface area contributed by atoms with Crippen molar-refractivity contribution in [2.45, 2.75) is 6.92 Å². The van der Waals surface area contributed by atoms with Gasteiger partial charge in [0, 0.05) is 4.47 Å². The SMILES string of the molecule is Cc1cc(Br)cc(Cl)c1OCC(=O)[O-]. The van der Waals surface area contributed by atoms with E-state index >= 15 is 0 Å². The van der Waals surface area contributed by atoms with Gasteiger partial charge < -0.3 is 14.6 Å². The molecular formula is C9H7BrClO3-. The monoisotopic (exact) mass is 277 g/mol. The quantitative estimate of drug-likeness (QED) is 0.843. The highest BCUT2D eigenvalue weighted by molar-refractivity contribution is 9.10. The van der Waals surface area contributed by atoms with Crippen molar-refractivity contribution in [2.24, 2.45) is 0 Å². The first-order valence-corrected chi connectivity index (χ1v) is 4.96. The van der Waals surface area contributed by atoms with Crippen LogP contribution >= 0.6 is 27.5 Å². The standard InChI is InChI=1S/C9H8BrClO3/c1-5-2-6(10)3-7(11)9(5)14-4-8(12)13/h2-3H,4H2,1H3,(H,12,13)/p-1. The zero-order valence-electron chi connectivity index (χ0n) is 7.34. The lowest BCUT2D eigenvalue weighted by molar-refractivity contribution is -0.307. The van der Waals surface area contributed by atoms with Crippen LogP contribution in [0.2, 0.25) is 5.02 Å². The van der Waals surface area contributed by atoms with Gasteiger partial charge >= 0.3 is 0 Å². The Balaban J connectivity index is 2.91. The zero-order valence-corrected chi connectivity index (χ0v) is 9.68. The third-order valence-electron chi connectivity index (χ3n) is 1.53. The molecule has 1 aromatic carbocycles. The van der Waals surface area contributed by atoms with Crippen molar-refractivity contribution < 1.29 is 14.6 Å². The number of hydrogen-bond donors (Lipinski definition) is 0. The van der Waals surface area contributed by atoms with E-state index in [9.17, 15) is 9.90 Å². The first-order chi connectivity index (χ1) is 6.50. The molecule has 0 heterocycles. The minimum atomic E-state index is -1.27. The number of carbonyl (C=O) groups is 1. The molecule has 14 heavy (non-hydrogen) atoms. The molecule has 0 aliphatic carbocycles. The number of hydrogen-bond acceptors (Lipinski definition) is 3. The Morgan fingerprint density at radius 2 is 2.29 bits per heavy atom. The third-order valence-corrected chi connectivity index (χ3v) is 2.27. The van der Waals surface area contributed by atoms with Gasteiger partial charge in [-0.2, -0.15) is 0 Å². The summed E-state index contributed by atoms with van der Waals surface area (Å²) in [7, 11) is 0. The summed E-state index contributed by atoms with van der Waals surface area (Å²) in [5.74, 6) is -0.901. The smallest absolute Gasteiger partial charge is 0.141 e. The van der Waals surface area contributed by atoms with Gasteiger partial charge in [0.2, 0.25) is 0 Å². The van der Waals surface area contributed by atoms with Crippen LogP contribution < -0.4 is 9.84 Å². The van der Waals surface area contributed by atoms with Gasteiger partial charge in [0.25, 0.3) is 0 Å². The first-order valence-electron chi connectivity index (χ1n) is 3.79. The second kappa shape index (κ2) is 4.66. The van der Waals surface area contributed by atoms with E-state index < -0.39 is 12.6 Å². The summed E-state index contributed by atoms with van der Waals surface area (Å²) in [6, 6.07) is 3.43. The number of rotatable bonds is 3. The molecule has 0 atom stereocenters. The molecule has 0 aliphatic heterocycles. The normalized spacial score (nSPS) is 9.93. The average molecular weight is 279 g/mol. The molecule has 0 aromatic heterocycles. The van der Waals surface area contributed by atoms with Gasteiger partial charge in [0.1, 0.15) is 12.4 Å². The van der Waals surface area contributed by atoms with E-state index in [1.807, 2.05) is 0 Å². The van der Waals surface area contributed by atoms with Crippen LogP contribution in [0.3, 0.4) is 0 Å². The summed E-state index contributed by atoms with van der Waals surface area (Å²) in [4.78, 5) is 10.2. The maximum Gasteiger partial charge on any atom is 0.141 e. The van der Waals surface area contributed by atoms with E-state index in [4.69, 9.17) is 16.3 Å². The minimum Gasteiger partial charge on any atom is -0.546 e. The Morgan fingerprint density at radius 1 is 1.64 bits per heavy atom. The Bertz CT molecular complexity index is 342. The van der Waals surface area contributed by atoms with E-state index in [2.05, 4.69) is 15.9 Å². The molecule has 1 aromatic rings. The van der Waals surface area contributed by atoms with E-state index in [0.717, 1.165) is 10.0 Å². The van der Waals surface area contributed by atoms with Crippen molar-refractivity contribution in [3.63, 3.8) is 0 Å². The number of carbonyl (C=O) groups excluding carboxylic acids is 1. The number of carboxylic acid groups (broad SMARTS) is 1. The fourth-order valence-electron chi connectivity index (χ4n) is 1.00. The zero-order chi connectivity index (χ0) is 10.7. The highest BCUT2D eigenvalue weighted by atomic mass is 79.9. The van der Waals surface area contributed by atoms with Crippen molar-refractivity contribution in [3.05, 3.63) is 27.2 Å². The highest BCUT2D eigenvalue weighted by Crippen LogP contribution is 2.31. The van der Waals surface area contributed by atoms with Crippen molar-refractivity contribution in [1.82, 2.24) is 0 Å². The molecule has 0 saturated carbocycles. The summed E-state index contributed by atoms with van der Waals surface area (Å²) in [5.41, 5.74) is 0.769. The summed E-state index contributed by atoms with van der Waals surface area (Å²) < 4.78 is 5.79.